The van der Waals surface area contributed by atoms with Crippen molar-refractivity contribution in [3.05, 3.63) is 0 Å². The predicted molar refractivity (Wildman–Crippen MR) is 89.3 cm³/mol. The summed E-state index contributed by atoms with van der Waals surface area (Å²) in [4.78, 5) is 16.8. The Morgan fingerprint density at radius 2 is 1.76 bits per heavy atom. The maximum Gasteiger partial charge on any atom is 0.222 e. The normalized spacial score (nSPS) is 17.0. The molecule has 0 aromatic rings. The molecule has 124 valence electrons. The van der Waals surface area contributed by atoms with Crippen LogP contribution in [0.15, 0.2) is 0 Å². The molecule has 4 nitrogen and oxygen atoms in total. The van der Waals surface area contributed by atoms with Crippen LogP contribution >= 0.6 is 0 Å². The van der Waals surface area contributed by atoms with E-state index in [1.807, 2.05) is 0 Å². The molecule has 0 aromatic heterocycles. The number of rotatable bonds is 10. The van der Waals surface area contributed by atoms with Crippen molar-refractivity contribution >= 4 is 5.91 Å². The Hall–Kier alpha value is -0.610. The third-order valence-corrected chi connectivity index (χ3v) is 4.36. The highest BCUT2D eigenvalue weighted by Crippen LogP contribution is 2.10. The quantitative estimate of drug-likeness (QED) is 0.631. The van der Waals surface area contributed by atoms with Crippen LogP contribution in [0.25, 0.3) is 0 Å². The van der Waals surface area contributed by atoms with Crippen molar-refractivity contribution in [1.82, 2.24) is 9.80 Å². The first-order valence-corrected chi connectivity index (χ1v) is 8.98. The lowest BCUT2D eigenvalue weighted by Gasteiger charge is -2.22. The van der Waals surface area contributed by atoms with Crippen LogP contribution < -0.4 is 5.73 Å². The zero-order chi connectivity index (χ0) is 15.3. The van der Waals surface area contributed by atoms with Crippen molar-refractivity contribution in [2.24, 2.45) is 5.73 Å². The summed E-state index contributed by atoms with van der Waals surface area (Å²) in [6.45, 7) is 8.17. The van der Waals surface area contributed by atoms with E-state index < -0.39 is 0 Å². The average Bonchev–Trinajstić information content (AvgIpc) is 2.73. The minimum atomic E-state index is 0.371. The number of nitrogens with two attached hydrogens (primary N) is 1. The van der Waals surface area contributed by atoms with E-state index in [0.29, 0.717) is 5.91 Å². The van der Waals surface area contributed by atoms with Gasteiger partial charge in [-0.1, -0.05) is 32.6 Å². The van der Waals surface area contributed by atoms with Crippen LogP contribution in [0.4, 0.5) is 0 Å². The molecule has 21 heavy (non-hydrogen) atoms. The summed E-state index contributed by atoms with van der Waals surface area (Å²) in [5.41, 5.74) is 5.54. The first kappa shape index (κ1) is 18.4. The molecule has 1 aliphatic heterocycles. The van der Waals surface area contributed by atoms with E-state index in [2.05, 4.69) is 16.7 Å². The molecule has 2 N–H and O–H groups in total. The molecule has 1 saturated heterocycles. The molecular weight excluding hydrogens is 262 g/mol. The van der Waals surface area contributed by atoms with Crippen LogP contribution in [0, 0.1) is 0 Å². The highest BCUT2D eigenvalue weighted by molar-refractivity contribution is 5.76. The van der Waals surface area contributed by atoms with Crippen molar-refractivity contribution in [3.8, 4) is 0 Å². The van der Waals surface area contributed by atoms with Crippen molar-refractivity contribution in [1.29, 1.82) is 0 Å². The van der Waals surface area contributed by atoms with Crippen LogP contribution in [0.1, 0.15) is 64.7 Å². The maximum atomic E-state index is 12.2. The third-order valence-electron chi connectivity index (χ3n) is 4.36. The SMILES string of the molecule is CCCCCCCC(=O)N1CCCN(CCCCN)CC1. The van der Waals surface area contributed by atoms with Crippen LogP contribution in [0.3, 0.4) is 0 Å². The number of amides is 1. The molecule has 4 heteroatoms. The van der Waals surface area contributed by atoms with Gasteiger partial charge in [0.2, 0.25) is 5.91 Å². The number of unbranched alkanes of at least 4 members (excludes halogenated alkanes) is 5. The van der Waals surface area contributed by atoms with Gasteiger partial charge in [-0.2, -0.15) is 0 Å². The van der Waals surface area contributed by atoms with E-state index in [1.54, 1.807) is 0 Å². The Labute approximate surface area is 131 Å². The molecule has 1 rings (SSSR count). The molecule has 0 unspecified atom stereocenters. The Kier molecular flexibility index (Phi) is 10.5. The minimum absolute atomic E-state index is 0.371. The molecule has 1 fully saturated rings. The monoisotopic (exact) mass is 297 g/mol. The summed E-state index contributed by atoms with van der Waals surface area (Å²) < 4.78 is 0. The number of nitrogens with zero attached hydrogens (tertiary/aromatic N) is 2. The van der Waals surface area contributed by atoms with Crippen molar-refractivity contribution in [2.75, 3.05) is 39.3 Å². The minimum Gasteiger partial charge on any atom is -0.341 e. The number of hydrogen-bond donors (Lipinski definition) is 1. The number of carbonyl (C=O) groups excluding carboxylic acids is 1. The summed E-state index contributed by atoms with van der Waals surface area (Å²) in [7, 11) is 0. The second-order valence-corrected chi connectivity index (χ2v) is 6.24. The fourth-order valence-corrected chi connectivity index (χ4v) is 2.96. The highest BCUT2D eigenvalue weighted by atomic mass is 16.2. The molecule has 1 amide bonds. The van der Waals surface area contributed by atoms with Crippen LogP contribution in [-0.4, -0.2) is 55.0 Å². The van der Waals surface area contributed by atoms with E-state index >= 15 is 0 Å². The van der Waals surface area contributed by atoms with Gasteiger partial charge in [0.15, 0.2) is 0 Å². The molecule has 0 spiro atoms. The second kappa shape index (κ2) is 12.0. The summed E-state index contributed by atoms with van der Waals surface area (Å²) in [5, 5.41) is 0. The first-order valence-electron chi connectivity index (χ1n) is 8.98. The third kappa shape index (κ3) is 8.42. The van der Waals surface area contributed by atoms with Crippen molar-refractivity contribution < 1.29 is 4.79 Å². The smallest absolute Gasteiger partial charge is 0.222 e. The Morgan fingerprint density at radius 1 is 0.952 bits per heavy atom. The van der Waals surface area contributed by atoms with Gasteiger partial charge in [-0.3, -0.25) is 4.79 Å². The molecule has 1 aliphatic rings. The van der Waals surface area contributed by atoms with Gasteiger partial charge >= 0.3 is 0 Å². The van der Waals surface area contributed by atoms with Crippen LogP contribution in [-0.2, 0) is 4.79 Å². The Morgan fingerprint density at radius 3 is 2.52 bits per heavy atom. The van der Waals surface area contributed by atoms with Crippen LogP contribution in [0.5, 0.6) is 0 Å². The summed E-state index contributed by atoms with van der Waals surface area (Å²) in [6.07, 6.45) is 10.3. The molecule has 0 aromatic carbocycles. The Balaban J connectivity index is 2.16. The summed E-state index contributed by atoms with van der Waals surface area (Å²) in [6, 6.07) is 0. The van der Waals surface area contributed by atoms with Gasteiger partial charge in [0, 0.05) is 26.1 Å². The largest absolute Gasteiger partial charge is 0.341 e. The molecular formula is C17H35N3O. The van der Waals surface area contributed by atoms with E-state index in [1.165, 1.54) is 32.1 Å². The van der Waals surface area contributed by atoms with Crippen LogP contribution in [0.2, 0.25) is 0 Å². The van der Waals surface area contributed by atoms with Crippen molar-refractivity contribution in [3.63, 3.8) is 0 Å². The van der Waals surface area contributed by atoms with E-state index in [4.69, 9.17) is 5.73 Å². The Bertz CT molecular complexity index is 271. The second-order valence-electron chi connectivity index (χ2n) is 6.24. The fraction of sp³-hybridized carbons (Fsp3) is 0.941. The van der Waals surface area contributed by atoms with Gasteiger partial charge in [-0.25, -0.2) is 0 Å². The van der Waals surface area contributed by atoms with Gasteiger partial charge in [-0.05, 0) is 45.3 Å². The standard InChI is InChI=1S/C17H35N3O/c1-2-3-4-5-6-10-17(21)20-14-9-13-19(15-16-20)12-8-7-11-18/h2-16,18H2,1H3. The van der Waals surface area contributed by atoms with Gasteiger partial charge in [0.05, 0.1) is 0 Å². The topological polar surface area (TPSA) is 49.6 Å². The molecule has 0 bridgehead atoms. The highest BCUT2D eigenvalue weighted by Gasteiger charge is 2.18. The number of carbonyl (C=O) groups is 1. The molecule has 1 heterocycles. The fourth-order valence-electron chi connectivity index (χ4n) is 2.96. The van der Waals surface area contributed by atoms with E-state index in [0.717, 1.165) is 65.0 Å². The summed E-state index contributed by atoms with van der Waals surface area (Å²) in [5.74, 6) is 0.371. The molecule has 0 saturated carbocycles. The zero-order valence-electron chi connectivity index (χ0n) is 14.0. The van der Waals surface area contributed by atoms with E-state index in [-0.39, 0.29) is 0 Å². The molecule has 0 aliphatic carbocycles. The zero-order valence-corrected chi connectivity index (χ0v) is 14.0. The molecule has 0 atom stereocenters. The predicted octanol–water partition coefficient (Wildman–Crippen LogP) is 2.62. The van der Waals surface area contributed by atoms with Gasteiger partial charge in [0.1, 0.15) is 0 Å². The number of hydrogen-bond acceptors (Lipinski definition) is 3. The lowest BCUT2D eigenvalue weighted by Crippen LogP contribution is -2.35. The van der Waals surface area contributed by atoms with E-state index in [9.17, 15) is 4.79 Å². The van der Waals surface area contributed by atoms with Gasteiger partial charge in [-0.15, -0.1) is 0 Å². The van der Waals surface area contributed by atoms with Gasteiger partial charge < -0.3 is 15.5 Å². The summed E-state index contributed by atoms with van der Waals surface area (Å²) >= 11 is 0. The van der Waals surface area contributed by atoms with Crippen molar-refractivity contribution in [2.45, 2.75) is 64.7 Å². The lowest BCUT2D eigenvalue weighted by atomic mass is 10.1. The lowest BCUT2D eigenvalue weighted by molar-refractivity contribution is -0.131. The first-order chi connectivity index (χ1) is 10.3. The molecule has 0 radical (unpaired) electrons. The maximum absolute atomic E-state index is 12.2. The van der Waals surface area contributed by atoms with Gasteiger partial charge in [0.25, 0.3) is 0 Å². The average molecular weight is 297 g/mol.